The number of ether oxygens (including phenoxy) is 1. The highest BCUT2D eigenvalue weighted by Gasteiger charge is 2.39. The van der Waals surface area contributed by atoms with Crippen LogP contribution >= 0.6 is 0 Å². The summed E-state index contributed by atoms with van der Waals surface area (Å²) in [7, 11) is 0. The molecular weight excluding hydrogens is 296 g/mol. The van der Waals surface area contributed by atoms with Crippen molar-refractivity contribution in [3.8, 4) is 0 Å². The van der Waals surface area contributed by atoms with E-state index in [-0.39, 0.29) is 23.6 Å². The average Bonchev–Trinajstić information content (AvgIpc) is 2.74. The molecule has 4 atom stereocenters. The monoisotopic (exact) mass is 322 g/mol. The van der Waals surface area contributed by atoms with Gasteiger partial charge in [-0.25, -0.2) is 4.79 Å². The second-order valence-corrected chi connectivity index (χ2v) is 5.73. The van der Waals surface area contributed by atoms with Crippen molar-refractivity contribution in [1.82, 2.24) is 0 Å². The lowest BCUT2D eigenvalue weighted by atomic mass is 9.88. The van der Waals surface area contributed by atoms with Crippen LogP contribution in [0.5, 0.6) is 0 Å². The zero-order valence-electron chi connectivity index (χ0n) is 13.7. The fourth-order valence-corrected chi connectivity index (χ4v) is 2.79. The molecule has 0 aromatic rings. The van der Waals surface area contributed by atoms with E-state index >= 15 is 0 Å². The molecule has 0 bridgehead atoms. The molecule has 0 aliphatic heterocycles. The van der Waals surface area contributed by atoms with Crippen LogP contribution in [0.3, 0.4) is 0 Å². The number of aliphatic hydroxyl groups excluding tert-OH is 2. The van der Waals surface area contributed by atoms with Crippen LogP contribution in [0.25, 0.3) is 0 Å². The summed E-state index contributed by atoms with van der Waals surface area (Å²) in [5, 5.41) is 20.0. The van der Waals surface area contributed by atoms with E-state index in [4.69, 9.17) is 4.74 Å². The van der Waals surface area contributed by atoms with Gasteiger partial charge >= 0.3 is 5.97 Å². The summed E-state index contributed by atoms with van der Waals surface area (Å²) in [6.07, 6.45) is 10.1. The zero-order chi connectivity index (χ0) is 17.2. The zero-order valence-corrected chi connectivity index (χ0v) is 13.7. The molecule has 1 rings (SSSR count). The Balaban J connectivity index is 2.54. The summed E-state index contributed by atoms with van der Waals surface area (Å²) < 4.78 is 4.75. The first-order chi connectivity index (χ1) is 11.0. The lowest BCUT2D eigenvalue weighted by molar-refractivity contribution is -0.137. The molecule has 5 heteroatoms. The summed E-state index contributed by atoms with van der Waals surface area (Å²) in [5.74, 6) is -0.568. The second kappa shape index (κ2) is 10.1. The van der Waals surface area contributed by atoms with Crippen LogP contribution in [0.2, 0.25) is 0 Å². The van der Waals surface area contributed by atoms with E-state index < -0.39 is 12.2 Å². The highest BCUT2D eigenvalue weighted by Crippen LogP contribution is 2.36. The molecule has 1 fully saturated rings. The van der Waals surface area contributed by atoms with Crippen LogP contribution in [0.15, 0.2) is 36.5 Å². The summed E-state index contributed by atoms with van der Waals surface area (Å²) in [6.45, 7) is 3.62. The molecule has 1 aliphatic carbocycles. The van der Waals surface area contributed by atoms with Crippen LogP contribution < -0.4 is 0 Å². The molecule has 128 valence electrons. The molecule has 0 radical (unpaired) electrons. The van der Waals surface area contributed by atoms with E-state index in [2.05, 4.69) is 0 Å². The van der Waals surface area contributed by atoms with Gasteiger partial charge in [0, 0.05) is 24.8 Å². The van der Waals surface area contributed by atoms with Gasteiger partial charge in [-0.2, -0.15) is 0 Å². The molecule has 0 spiro atoms. The van der Waals surface area contributed by atoms with Crippen LogP contribution in [-0.2, 0) is 14.3 Å². The first-order valence-electron chi connectivity index (χ1n) is 7.99. The summed E-state index contributed by atoms with van der Waals surface area (Å²) in [6, 6.07) is 0. The lowest BCUT2D eigenvalue weighted by Crippen LogP contribution is -2.21. The normalized spacial score (nSPS) is 28.2. The number of hydrogen-bond donors (Lipinski definition) is 2. The Kier molecular flexibility index (Phi) is 8.51. The van der Waals surface area contributed by atoms with Gasteiger partial charge in [0.05, 0.1) is 18.8 Å². The summed E-state index contributed by atoms with van der Waals surface area (Å²) in [4.78, 5) is 22.2. The van der Waals surface area contributed by atoms with Gasteiger partial charge in [0.25, 0.3) is 0 Å². The first-order valence-corrected chi connectivity index (χ1v) is 7.99. The van der Waals surface area contributed by atoms with E-state index in [1.807, 2.05) is 6.08 Å². The topological polar surface area (TPSA) is 83.8 Å². The van der Waals surface area contributed by atoms with Crippen molar-refractivity contribution in [3.05, 3.63) is 36.5 Å². The number of ketones is 1. The SMILES string of the molecule is CCOC(=O)C=CC=CC=CC1C(O)CC(O)C1CCC(C)=O. The van der Waals surface area contributed by atoms with Crippen LogP contribution in [0.1, 0.15) is 33.1 Å². The fourth-order valence-electron chi connectivity index (χ4n) is 2.79. The van der Waals surface area contributed by atoms with E-state index in [0.717, 1.165) is 0 Å². The molecule has 2 N–H and O–H groups in total. The molecule has 0 aromatic carbocycles. The highest BCUT2D eigenvalue weighted by atomic mass is 16.5. The second-order valence-electron chi connectivity index (χ2n) is 5.73. The largest absolute Gasteiger partial charge is 0.463 e. The van der Waals surface area contributed by atoms with Gasteiger partial charge in [0.1, 0.15) is 5.78 Å². The fraction of sp³-hybridized carbons (Fsp3) is 0.556. The Labute approximate surface area is 137 Å². The Morgan fingerprint density at radius 2 is 1.83 bits per heavy atom. The van der Waals surface area contributed by atoms with Gasteiger partial charge in [-0.05, 0) is 26.2 Å². The minimum absolute atomic E-state index is 0.0883. The lowest BCUT2D eigenvalue weighted by Gasteiger charge is -2.19. The van der Waals surface area contributed by atoms with Crippen LogP contribution in [0, 0.1) is 11.8 Å². The van der Waals surface area contributed by atoms with E-state index in [1.54, 1.807) is 31.2 Å². The molecule has 1 saturated carbocycles. The maximum atomic E-state index is 11.1. The number of carbonyl (C=O) groups is 2. The molecule has 0 amide bonds. The molecule has 23 heavy (non-hydrogen) atoms. The quantitative estimate of drug-likeness (QED) is 0.405. The summed E-state index contributed by atoms with van der Waals surface area (Å²) >= 11 is 0. The van der Waals surface area contributed by atoms with Crippen molar-refractivity contribution in [1.29, 1.82) is 0 Å². The van der Waals surface area contributed by atoms with Gasteiger partial charge in [-0.15, -0.1) is 0 Å². The van der Waals surface area contributed by atoms with Crippen molar-refractivity contribution in [3.63, 3.8) is 0 Å². The van der Waals surface area contributed by atoms with Crippen molar-refractivity contribution < 1.29 is 24.5 Å². The number of rotatable bonds is 8. The maximum Gasteiger partial charge on any atom is 0.330 e. The number of carbonyl (C=O) groups excluding carboxylic acids is 2. The number of Topliss-reactive ketones (excluding diaryl/α,β-unsaturated/α-hetero) is 1. The molecule has 1 aliphatic rings. The van der Waals surface area contributed by atoms with Crippen molar-refractivity contribution >= 4 is 11.8 Å². The van der Waals surface area contributed by atoms with E-state index in [1.165, 1.54) is 13.0 Å². The molecule has 4 unspecified atom stereocenters. The molecule has 5 nitrogen and oxygen atoms in total. The predicted molar refractivity (Wildman–Crippen MR) is 87.6 cm³/mol. The van der Waals surface area contributed by atoms with E-state index in [9.17, 15) is 19.8 Å². The Morgan fingerprint density at radius 3 is 2.48 bits per heavy atom. The van der Waals surface area contributed by atoms with Gasteiger partial charge in [0.2, 0.25) is 0 Å². The van der Waals surface area contributed by atoms with Crippen molar-refractivity contribution in [2.75, 3.05) is 6.61 Å². The maximum absolute atomic E-state index is 11.1. The third-order valence-electron chi connectivity index (χ3n) is 3.93. The number of hydrogen-bond acceptors (Lipinski definition) is 5. The van der Waals surface area contributed by atoms with Crippen LogP contribution in [0.4, 0.5) is 0 Å². The Hall–Kier alpha value is -1.72. The third kappa shape index (κ3) is 6.93. The van der Waals surface area contributed by atoms with Gasteiger partial charge in [-0.3, -0.25) is 0 Å². The molecule has 0 heterocycles. The predicted octanol–water partition coefficient (Wildman–Crippen LogP) is 1.95. The minimum Gasteiger partial charge on any atom is -0.463 e. The average molecular weight is 322 g/mol. The highest BCUT2D eigenvalue weighted by molar-refractivity contribution is 5.82. The molecule has 0 aromatic heterocycles. The Bertz CT molecular complexity index is 478. The Morgan fingerprint density at radius 1 is 1.13 bits per heavy atom. The minimum atomic E-state index is -0.596. The van der Waals surface area contributed by atoms with Crippen molar-refractivity contribution in [2.24, 2.45) is 11.8 Å². The standard InChI is InChI=1S/C18H26O5/c1-3-23-18(22)9-7-5-4-6-8-14-15(11-10-13(2)19)17(21)12-16(14)20/h4-9,14-17,20-21H,3,10-12H2,1-2H3. The molecular formula is C18H26O5. The van der Waals surface area contributed by atoms with Gasteiger partial charge in [0.15, 0.2) is 0 Å². The number of esters is 1. The molecule has 0 saturated heterocycles. The number of aliphatic hydroxyl groups is 2. The van der Waals surface area contributed by atoms with E-state index in [0.29, 0.717) is 25.9 Å². The van der Waals surface area contributed by atoms with Gasteiger partial charge < -0.3 is 19.7 Å². The van der Waals surface area contributed by atoms with Gasteiger partial charge in [-0.1, -0.05) is 30.4 Å². The smallest absolute Gasteiger partial charge is 0.330 e. The first kappa shape index (κ1) is 19.3. The van der Waals surface area contributed by atoms with Crippen LogP contribution in [-0.4, -0.2) is 40.8 Å². The summed E-state index contributed by atoms with van der Waals surface area (Å²) in [5.41, 5.74) is 0. The number of allylic oxidation sites excluding steroid dienone is 4. The van der Waals surface area contributed by atoms with Crippen molar-refractivity contribution in [2.45, 2.75) is 45.3 Å². The third-order valence-corrected chi connectivity index (χ3v) is 3.93.